The van der Waals surface area contributed by atoms with Crippen molar-refractivity contribution in [3.63, 3.8) is 0 Å². The maximum absolute atomic E-state index is 9.55. The summed E-state index contributed by atoms with van der Waals surface area (Å²) < 4.78 is 6.17. The fourth-order valence-electron chi connectivity index (χ4n) is 4.11. The number of ether oxygens (including phenoxy) is 1. The Morgan fingerprint density at radius 3 is 2.09 bits per heavy atom. The van der Waals surface area contributed by atoms with Crippen molar-refractivity contribution in [1.29, 1.82) is 0 Å². The molecular weight excluding hydrogens is 418 g/mol. The lowest BCUT2D eigenvalue weighted by Crippen LogP contribution is -2.32. The van der Waals surface area contributed by atoms with Gasteiger partial charge in [-0.3, -0.25) is 0 Å². The lowest BCUT2D eigenvalue weighted by Gasteiger charge is -2.31. The summed E-state index contributed by atoms with van der Waals surface area (Å²) in [6.07, 6.45) is 2.12. The first-order valence-electron chi connectivity index (χ1n) is 10.6. The van der Waals surface area contributed by atoms with Crippen molar-refractivity contribution in [2.24, 2.45) is 0 Å². The predicted molar refractivity (Wildman–Crippen MR) is 127 cm³/mol. The Morgan fingerprint density at radius 2 is 1.45 bits per heavy atom. The number of fused-ring (bicyclic) bond motifs is 1. The summed E-state index contributed by atoms with van der Waals surface area (Å²) in [5.41, 5.74) is 5.03. The van der Waals surface area contributed by atoms with Crippen LogP contribution in [-0.4, -0.2) is 42.4 Å². The third kappa shape index (κ3) is 5.48. The molecule has 0 radical (unpaired) electrons. The molecule has 1 aliphatic heterocycles. The van der Waals surface area contributed by atoms with Gasteiger partial charge in [0.05, 0.1) is 5.41 Å². The van der Waals surface area contributed by atoms with E-state index in [0.717, 1.165) is 18.7 Å². The second kappa shape index (κ2) is 11.1. The Labute approximate surface area is 193 Å². The third-order valence-electron chi connectivity index (χ3n) is 5.55. The van der Waals surface area contributed by atoms with E-state index in [2.05, 4.69) is 78.1 Å². The molecule has 170 valence electrons. The van der Waals surface area contributed by atoms with Gasteiger partial charge in [0.25, 0.3) is 0 Å². The zero-order valence-electron chi connectivity index (χ0n) is 18.4. The van der Waals surface area contributed by atoms with Crippen LogP contribution >= 0.6 is 0 Å². The minimum absolute atomic E-state index is 0.248. The van der Waals surface area contributed by atoms with E-state index in [-0.39, 0.29) is 5.41 Å². The largest absolute Gasteiger partial charge is 0.492 e. The van der Waals surface area contributed by atoms with Crippen molar-refractivity contribution < 1.29 is 24.5 Å². The molecule has 1 atom stereocenters. The number of hydrogen-bond donors (Lipinski definition) is 3. The summed E-state index contributed by atoms with van der Waals surface area (Å²) in [4.78, 5) is 19.1. The summed E-state index contributed by atoms with van der Waals surface area (Å²) in [5.74, 6) is -1.52. The van der Waals surface area contributed by atoms with Crippen molar-refractivity contribution in [3.8, 4) is 5.75 Å². The summed E-state index contributed by atoms with van der Waals surface area (Å²) in [5, 5.41) is 18.9. The van der Waals surface area contributed by atoms with E-state index in [4.69, 9.17) is 14.9 Å². The Bertz CT molecular complexity index is 1110. The van der Waals surface area contributed by atoms with Crippen LogP contribution in [0.25, 0.3) is 0 Å². The number of aliphatic carboxylic acids is 2. The molecule has 1 unspecified atom stereocenters. The van der Waals surface area contributed by atoms with Crippen LogP contribution in [0.1, 0.15) is 22.3 Å². The second-order valence-corrected chi connectivity index (χ2v) is 7.58. The lowest BCUT2D eigenvalue weighted by atomic mass is 9.69. The quantitative estimate of drug-likeness (QED) is 0.478. The van der Waals surface area contributed by atoms with Gasteiger partial charge in [0.15, 0.2) is 0 Å². The van der Waals surface area contributed by atoms with Gasteiger partial charge in [0.2, 0.25) is 0 Å². The Morgan fingerprint density at radius 1 is 0.879 bits per heavy atom. The number of nitrogens with one attached hydrogen (secondary N) is 1. The van der Waals surface area contributed by atoms with Crippen LogP contribution in [0.3, 0.4) is 0 Å². The van der Waals surface area contributed by atoms with Gasteiger partial charge in [0, 0.05) is 17.7 Å². The number of carboxylic acids is 2. The topological polar surface area (TPSA) is 95.9 Å². The van der Waals surface area contributed by atoms with Gasteiger partial charge in [-0.05, 0) is 42.8 Å². The fourth-order valence-corrected chi connectivity index (χ4v) is 4.11. The molecule has 6 nitrogen and oxygen atoms in total. The molecule has 3 N–H and O–H groups in total. The monoisotopic (exact) mass is 445 g/mol. The van der Waals surface area contributed by atoms with Crippen LogP contribution in [0.15, 0.2) is 91.0 Å². The molecule has 0 fully saturated rings. The van der Waals surface area contributed by atoms with Gasteiger partial charge in [0.1, 0.15) is 12.4 Å². The molecular formula is C27H27NO5. The minimum Gasteiger partial charge on any atom is -0.492 e. The van der Waals surface area contributed by atoms with Gasteiger partial charge in [-0.25, -0.2) is 9.59 Å². The van der Waals surface area contributed by atoms with Crippen molar-refractivity contribution in [3.05, 3.63) is 113 Å². The number of carboxylic acid groups (broad SMARTS) is 2. The maximum atomic E-state index is 9.55. The molecule has 0 aromatic heterocycles. The number of carbonyl (C=O) groups is 2. The van der Waals surface area contributed by atoms with Crippen molar-refractivity contribution >= 4 is 11.9 Å². The molecule has 0 spiro atoms. The molecule has 3 aromatic carbocycles. The minimum atomic E-state index is -1.26. The molecule has 0 saturated heterocycles. The standard InChI is InChI=1S/C23H23NO.C4H4O4/c1-24-16-15-18-9-5-6-12-20(18)23(19-10-3-2-4-11-19)17-25-22-14-8-7-13-21(22)23;5-3(6)1-2-4(7)8/h2-14,24H,15-17H2,1H3;1-2H,(H,5,6)(H,7,8). The first-order chi connectivity index (χ1) is 16.0. The molecule has 3 aromatic rings. The maximum Gasteiger partial charge on any atom is 0.328 e. The average Bonchev–Trinajstić information content (AvgIpc) is 3.23. The van der Waals surface area contributed by atoms with E-state index < -0.39 is 11.9 Å². The molecule has 4 rings (SSSR count). The van der Waals surface area contributed by atoms with Crippen molar-refractivity contribution in [2.45, 2.75) is 11.8 Å². The predicted octanol–water partition coefficient (Wildman–Crippen LogP) is 3.89. The van der Waals surface area contributed by atoms with Crippen LogP contribution in [0.5, 0.6) is 5.75 Å². The summed E-state index contributed by atoms with van der Waals surface area (Å²) in [6.45, 7) is 1.61. The van der Waals surface area contributed by atoms with E-state index in [0.29, 0.717) is 18.8 Å². The zero-order valence-corrected chi connectivity index (χ0v) is 18.4. The van der Waals surface area contributed by atoms with Gasteiger partial charge < -0.3 is 20.3 Å². The van der Waals surface area contributed by atoms with Crippen LogP contribution < -0.4 is 10.1 Å². The first-order valence-corrected chi connectivity index (χ1v) is 10.6. The number of likely N-dealkylation sites (N-methyl/N-ethyl adjacent to an activating group) is 1. The van der Waals surface area contributed by atoms with Crippen LogP contribution in [0.2, 0.25) is 0 Å². The first kappa shape index (κ1) is 23.8. The highest BCUT2D eigenvalue weighted by molar-refractivity contribution is 5.89. The highest BCUT2D eigenvalue weighted by atomic mass is 16.5. The Kier molecular flexibility index (Phi) is 8.00. The number of hydrogen-bond acceptors (Lipinski definition) is 4. The fraction of sp³-hybridized carbons (Fsp3) is 0.185. The molecule has 1 aliphatic rings. The molecule has 0 bridgehead atoms. The molecule has 0 saturated carbocycles. The Hall–Kier alpha value is -3.90. The van der Waals surface area contributed by atoms with Crippen LogP contribution in [0.4, 0.5) is 0 Å². The molecule has 1 heterocycles. The molecule has 0 amide bonds. The van der Waals surface area contributed by atoms with Gasteiger partial charge in [-0.15, -0.1) is 0 Å². The van der Waals surface area contributed by atoms with Crippen molar-refractivity contribution in [1.82, 2.24) is 5.32 Å². The normalized spacial score (nSPS) is 16.4. The van der Waals surface area contributed by atoms with Gasteiger partial charge in [-0.2, -0.15) is 0 Å². The van der Waals surface area contributed by atoms with E-state index in [1.54, 1.807) is 0 Å². The number of para-hydroxylation sites is 1. The van der Waals surface area contributed by atoms with Crippen molar-refractivity contribution in [2.75, 3.05) is 20.2 Å². The number of rotatable bonds is 7. The highest BCUT2D eigenvalue weighted by Gasteiger charge is 2.44. The van der Waals surface area contributed by atoms with Gasteiger partial charge in [-0.1, -0.05) is 72.8 Å². The molecule has 0 aliphatic carbocycles. The lowest BCUT2D eigenvalue weighted by molar-refractivity contribution is -0.134. The highest BCUT2D eigenvalue weighted by Crippen LogP contribution is 2.48. The van der Waals surface area contributed by atoms with Crippen LogP contribution in [-0.2, 0) is 21.4 Å². The smallest absolute Gasteiger partial charge is 0.328 e. The number of benzene rings is 3. The zero-order chi connectivity index (χ0) is 23.7. The van der Waals surface area contributed by atoms with E-state index in [1.165, 1.54) is 22.3 Å². The van der Waals surface area contributed by atoms with E-state index >= 15 is 0 Å². The SMILES string of the molecule is CNCCc1ccccc1C1(c2ccccc2)COc2ccccc21.O=C(O)C=CC(=O)O. The summed E-state index contributed by atoms with van der Waals surface area (Å²) >= 11 is 0. The summed E-state index contributed by atoms with van der Waals surface area (Å²) in [7, 11) is 2.00. The summed E-state index contributed by atoms with van der Waals surface area (Å²) in [6, 6.07) is 28.0. The van der Waals surface area contributed by atoms with E-state index in [9.17, 15) is 9.59 Å². The second-order valence-electron chi connectivity index (χ2n) is 7.58. The molecule has 6 heteroatoms. The van der Waals surface area contributed by atoms with Gasteiger partial charge >= 0.3 is 11.9 Å². The molecule has 33 heavy (non-hydrogen) atoms. The van der Waals surface area contributed by atoms with Crippen LogP contribution in [0, 0.1) is 0 Å². The Balaban J connectivity index is 0.000000331. The van der Waals surface area contributed by atoms with E-state index in [1.807, 2.05) is 13.1 Å². The third-order valence-corrected chi connectivity index (χ3v) is 5.55. The average molecular weight is 446 g/mol.